The number of carboxylic acids is 1. The average molecular weight is 297 g/mol. The van der Waals surface area contributed by atoms with Crippen LogP contribution in [-0.4, -0.2) is 21.3 Å². The second kappa shape index (κ2) is 5.44. The highest BCUT2D eigenvalue weighted by Crippen LogP contribution is 2.18. The maximum absolute atomic E-state index is 13.3. The van der Waals surface area contributed by atoms with E-state index in [1.165, 1.54) is 30.3 Å². The number of ketones is 1. The molecule has 0 amide bonds. The van der Waals surface area contributed by atoms with Crippen molar-refractivity contribution in [1.82, 2.24) is 4.40 Å². The molecule has 0 spiro atoms. The molecule has 5 heteroatoms. The molecular formula is C17H12FNO3. The number of fused-ring (bicyclic) bond motifs is 1. The van der Waals surface area contributed by atoms with Crippen molar-refractivity contribution in [3.05, 3.63) is 77.4 Å². The Hall–Kier alpha value is -2.95. The first kappa shape index (κ1) is 14.0. The molecule has 1 N–H and O–H groups in total. The predicted octanol–water partition coefficient (Wildman–Crippen LogP) is 2.94. The molecule has 0 saturated carbocycles. The number of aromatic nitrogens is 1. The molecule has 0 bridgehead atoms. The van der Waals surface area contributed by atoms with Crippen molar-refractivity contribution < 1.29 is 19.1 Å². The van der Waals surface area contributed by atoms with E-state index in [-0.39, 0.29) is 17.8 Å². The van der Waals surface area contributed by atoms with Gasteiger partial charge in [-0.05, 0) is 42.0 Å². The summed E-state index contributed by atoms with van der Waals surface area (Å²) < 4.78 is 15.0. The van der Waals surface area contributed by atoms with E-state index in [0.717, 1.165) is 5.52 Å². The Morgan fingerprint density at radius 2 is 1.91 bits per heavy atom. The van der Waals surface area contributed by atoms with Crippen molar-refractivity contribution in [2.24, 2.45) is 0 Å². The highest BCUT2D eigenvalue weighted by molar-refractivity contribution is 6.08. The van der Waals surface area contributed by atoms with Gasteiger partial charge in [0, 0.05) is 17.3 Å². The van der Waals surface area contributed by atoms with Crippen LogP contribution in [0.4, 0.5) is 4.39 Å². The minimum absolute atomic E-state index is 0.175. The standard InChI is InChI=1S/C17H12FNO3/c18-13-4-1-3-12(10-13)17(22)15-8-11(9-16(20)21)7-14-5-2-6-19(14)15/h1-8,10H,9H2,(H,20,21). The van der Waals surface area contributed by atoms with Gasteiger partial charge in [0.05, 0.1) is 12.1 Å². The summed E-state index contributed by atoms with van der Waals surface area (Å²) in [6.07, 6.45) is 1.54. The Labute approximate surface area is 125 Å². The van der Waals surface area contributed by atoms with Gasteiger partial charge in [-0.2, -0.15) is 0 Å². The summed E-state index contributed by atoms with van der Waals surface area (Å²) in [6.45, 7) is 0. The Kier molecular flexibility index (Phi) is 3.47. The topological polar surface area (TPSA) is 58.8 Å². The normalized spacial score (nSPS) is 10.8. The van der Waals surface area contributed by atoms with Gasteiger partial charge >= 0.3 is 5.97 Å². The summed E-state index contributed by atoms with van der Waals surface area (Å²) in [4.78, 5) is 23.5. The summed E-state index contributed by atoms with van der Waals surface area (Å²) in [7, 11) is 0. The third kappa shape index (κ3) is 2.61. The van der Waals surface area contributed by atoms with Crippen LogP contribution in [0.1, 0.15) is 21.6 Å². The van der Waals surface area contributed by atoms with E-state index in [4.69, 9.17) is 5.11 Å². The minimum Gasteiger partial charge on any atom is -0.481 e. The largest absolute Gasteiger partial charge is 0.481 e. The molecular weight excluding hydrogens is 285 g/mol. The molecule has 2 heterocycles. The Bertz CT molecular complexity index is 882. The number of nitrogens with zero attached hydrogens (tertiary/aromatic N) is 1. The number of hydrogen-bond donors (Lipinski definition) is 1. The molecule has 110 valence electrons. The van der Waals surface area contributed by atoms with Gasteiger partial charge in [0.1, 0.15) is 5.82 Å². The minimum atomic E-state index is -0.972. The van der Waals surface area contributed by atoms with Gasteiger partial charge < -0.3 is 9.51 Å². The molecule has 0 atom stereocenters. The van der Waals surface area contributed by atoms with E-state index in [1.54, 1.807) is 28.8 Å². The molecule has 0 aliphatic rings. The van der Waals surface area contributed by atoms with Gasteiger partial charge in [-0.25, -0.2) is 4.39 Å². The lowest BCUT2D eigenvalue weighted by Gasteiger charge is -2.08. The van der Waals surface area contributed by atoms with E-state index < -0.39 is 11.8 Å². The highest BCUT2D eigenvalue weighted by atomic mass is 19.1. The zero-order valence-electron chi connectivity index (χ0n) is 11.5. The fourth-order valence-corrected chi connectivity index (χ4v) is 2.44. The van der Waals surface area contributed by atoms with Gasteiger partial charge in [0.25, 0.3) is 0 Å². The lowest BCUT2D eigenvalue weighted by molar-refractivity contribution is -0.136. The van der Waals surface area contributed by atoms with Crippen LogP contribution in [0.25, 0.3) is 5.52 Å². The third-order valence-corrected chi connectivity index (χ3v) is 3.37. The monoisotopic (exact) mass is 297 g/mol. The van der Waals surface area contributed by atoms with E-state index in [1.807, 2.05) is 0 Å². The lowest BCUT2D eigenvalue weighted by atomic mass is 10.0. The first-order valence-corrected chi connectivity index (χ1v) is 6.66. The molecule has 0 aliphatic heterocycles. The number of carbonyl (C=O) groups is 2. The van der Waals surface area contributed by atoms with Crippen LogP contribution < -0.4 is 0 Å². The van der Waals surface area contributed by atoms with Crippen LogP contribution in [0.2, 0.25) is 0 Å². The molecule has 0 fully saturated rings. The van der Waals surface area contributed by atoms with Crippen molar-refractivity contribution in [3.63, 3.8) is 0 Å². The summed E-state index contributed by atoms with van der Waals surface area (Å²) in [5.74, 6) is -1.82. The maximum Gasteiger partial charge on any atom is 0.307 e. The van der Waals surface area contributed by atoms with Crippen molar-refractivity contribution in [3.8, 4) is 0 Å². The van der Waals surface area contributed by atoms with Gasteiger partial charge in [-0.3, -0.25) is 9.59 Å². The molecule has 3 aromatic rings. The average Bonchev–Trinajstić information content (AvgIpc) is 2.93. The Morgan fingerprint density at radius 1 is 1.09 bits per heavy atom. The van der Waals surface area contributed by atoms with Crippen LogP contribution in [-0.2, 0) is 11.2 Å². The summed E-state index contributed by atoms with van der Waals surface area (Å²) >= 11 is 0. The number of hydrogen-bond acceptors (Lipinski definition) is 2. The SMILES string of the molecule is O=C(O)Cc1cc(C(=O)c2cccc(F)c2)n2cccc2c1. The Balaban J connectivity index is 2.14. The summed E-state index contributed by atoms with van der Waals surface area (Å²) in [5, 5.41) is 8.93. The number of benzene rings is 1. The van der Waals surface area contributed by atoms with E-state index in [9.17, 15) is 14.0 Å². The molecule has 1 aromatic carbocycles. The van der Waals surface area contributed by atoms with Gasteiger partial charge in [0.2, 0.25) is 5.78 Å². The van der Waals surface area contributed by atoms with Crippen molar-refractivity contribution in [2.75, 3.05) is 0 Å². The maximum atomic E-state index is 13.3. The molecule has 0 saturated heterocycles. The number of aliphatic carboxylic acids is 1. The van der Waals surface area contributed by atoms with Crippen LogP contribution in [0.15, 0.2) is 54.7 Å². The molecule has 0 radical (unpaired) electrons. The fraction of sp³-hybridized carbons (Fsp3) is 0.0588. The number of rotatable bonds is 4. The zero-order valence-corrected chi connectivity index (χ0v) is 11.5. The van der Waals surface area contributed by atoms with Crippen LogP contribution in [0.5, 0.6) is 0 Å². The van der Waals surface area contributed by atoms with E-state index in [0.29, 0.717) is 11.3 Å². The quantitative estimate of drug-likeness (QED) is 0.753. The lowest BCUT2D eigenvalue weighted by Crippen LogP contribution is -2.10. The van der Waals surface area contributed by atoms with E-state index in [2.05, 4.69) is 0 Å². The molecule has 0 unspecified atom stereocenters. The van der Waals surface area contributed by atoms with Crippen LogP contribution in [0.3, 0.4) is 0 Å². The van der Waals surface area contributed by atoms with Crippen molar-refractivity contribution in [1.29, 1.82) is 0 Å². The molecule has 3 rings (SSSR count). The second-order valence-electron chi connectivity index (χ2n) is 4.96. The number of pyridine rings is 1. The second-order valence-corrected chi connectivity index (χ2v) is 4.96. The molecule has 0 aliphatic carbocycles. The molecule has 4 nitrogen and oxygen atoms in total. The first-order valence-electron chi connectivity index (χ1n) is 6.66. The van der Waals surface area contributed by atoms with Crippen molar-refractivity contribution >= 4 is 17.3 Å². The third-order valence-electron chi connectivity index (χ3n) is 3.37. The number of carboxylic acid groups (broad SMARTS) is 1. The fourth-order valence-electron chi connectivity index (χ4n) is 2.44. The Morgan fingerprint density at radius 3 is 2.64 bits per heavy atom. The molecule has 22 heavy (non-hydrogen) atoms. The first-order chi connectivity index (χ1) is 10.5. The number of halogens is 1. The predicted molar refractivity (Wildman–Crippen MR) is 78.6 cm³/mol. The number of carbonyl (C=O) groups excluding carboxylic acids is 1. The summed E-state index contributed by atoms with van der Waals surface area (Å²) in [5.41, 5.74) is 1.78. The van der Waals surface area contributed by atoms with Crippen molar-refractivity contribution in [2.45, 2.75) is 6.42 Å². The van der Waals surface area contributed by atoms with Gasteiger partial charge in [-0.1, -0.05) is 12.1 Å². The molecule has 2 aromatic heterocycles. The van der Waals surface area contributed by atoms with Crippen LogP contribution in [0, 0.1) is 5.82 Å². The van der Waals surface area contributed by atoms with Crippen LogP contribution >= 0.6 is 0 Å². The highest BCUT2D eigenvalue weighted by Gasteiger charge is 2.15. The van der Waals surface area contributed by atoms with E-state index >= 15 is 0 Å². The summed E-state index contributed by atoms with van der Waals surface area (Å²) in [6, 6.07) is 12.2. The van der Waals surface area contributed by atoms with Gasteiger partial charge in [0.15, 0.2) is 0 Å². The zero-order chi connectivity index (χ0) is 15.7. The van der Waals surface area contributed by atoms with Gasteiger partial charge in [-0.15, -0.1) is 0 Å². The smallest absolute Gasteiger partial charge is 0.307 e.